The van der Waals surface area contributed by atoms with Crippen LogP contribution < -0.4 is 29.1 Å². The Labute approximate surface area is 271 Å². The van der Waals surface area contributed by atoms with Crippen molar-refractivity contribution in [3.05, 3.63) is 118 Å². The second-order valence-electron chi connectivity index (χ2n) is 9.71. The van der Waals surface area contributed by atoms with E-state index in [1.165, 1.54) is 29.1 Å². The van der Waals surface area contributed by atoms with Crippen molar-refractivity contribution in [2.45, 2.75) is 33.4 Å². The zero-order valence-corrected chi connectivity index (χ0v) is 27.5. The molecule has 0 fully saturated rings. The Morgan fingerprint density at radius 3 is 2.52 bits per heavy atom. The molecule has 0 saturated heterocycles. The highest BCUT2D eigenvalue weighted by atomic mass is 127. The Bertz CT molecular complexity index is 1920. The molecule has 1 atom stereocenters. The maximum atomic E-state index is 14.4. The SMILES string of the molecule is CCOC(=O)C1=C(C)N=c2s/c(=C\c3cc(I)cc(OC)c3OCc3ccccc3F)c(=O)n2[C@@H]1c1ccc(OCC)cc1. The van der Waals surface area contributed by atoms with Gasteiger partial charge in [-0.1, -0.05) is 41.7 Å². The van der Waals surface area contributed by atoms with Crippen LogP contribution in [0.2, 0.25) is 0 Å². The van der Waals surface area contributed by atoms with E-state index in [1.807, 2.05) is 37.3 Å². The molecule has 0 aliphatic carbocycles. The summed E-state index contributed by atoms with van der Waals surface area (Å²) in [7, 11) is 1.52. The highest BCUT2D eigenvalue weighted by Gasteiger charge is 2.33. The number of benzene rings is 3. The number of rotatable bonds is 10. The average Bonchev–Trinajstić information content (AvgIpc) is 3.30. The number of allylic oxidation sites excluding steroid dienone is 1. The first-order valence-electron chi connectivity index (χ1n) is 13.9. The van der Waals surface area contributed by atoms with Crippen molar-refractivity contribution in [1.82, 2.24) is 4.57 Å². The fraction of sp³-hybridized carbons (Fsp3) is 0.242. The summed E-state index contributed by atoms with van der Waals surface area (Å²) in [4.78, 5) is 32.4. The number of fused-ring (bicyclic) bond motifs is 1. The van der Waals surface area contributed by atoms with Gasteiger partial charge in [0, 0.05) is 14.7 Å². The predicted molar refractivity (Wildman–Crippen MR) is 174 cm³/mol. The van der Waals surface area contributed by atoms with Crippen LogP contribution in [0.5, 0.6) is 17.2 Å². The zero-order chi connectivity index (χ0) is 31.4. The van der Waals surface area contributed by atoms with Crippen LogP contribution in [0.25, 0.3) is 6.08 Å². The van der Waals surface area contributed by atoms with Crippen molar-refractivity contribution in [2.75, 3.05) is 20.3 Å². The summed E-state index contributed by atoms with van der Waals surface area (Å²) in [6, 6.07) is 16.6. The zero-order valence-electron chi connectivity index (χ0n) is 24.6. The first kappa shape index (κ1) is 31.5. The number of hydrogen-bond acceptors (Lipinski definition) is 8. The van der Waals surface area contributed by atoms with Crippen molar-refractivity contribution in [3.63, 3.8) is 0 Å². The van der Waals surface area contributed by atoms with Gasteiger partial charge in [0.2, 0.25) is 0 Å². The highest BCUT2D eigenvalue weighted by Crippen LogP contribution is 2.35. The molecule has 0 amide bonds. The fourth-order valence-electron chi connectivity index (χ4n) is 4.93. The van der Waals surface area contributed by atoms with Crippen LogP contribution in [0.15, 0.2) is 81.7 Å². The number of ether oxygens (including phenoxy) is 4. The van der Waals surface area contributed by atoms with Crippen molar-refractivity contribution >= 4 is 46.0 Å². The van der Waals surface area contributed by atoms with E-state index in [2.05, 4.69) is 27.6 Å². The standard InChI is InChI=1S/C33H30FIN2O6S/c1-5-41-24-13-11-20(12-14-24)29-28(32(39)42-6-2)19(3)36-33-37(29)31(38)27(44-33)16-22-15-23(35)17-26(40-4)30(22)43-18-21-9-7-8-10-25(21)34/h7-17,29H,5-6,18H2,1-4H3/b27-16-/t29-/m1/s1. The number of nitrogens with zero attached hydrogens (tertiary/aromatic N) is 2. The molecule has 228 valence electrons. The normalized spacial score (nSPS) is 14.6. The first-order chi connectivity index (χ1) is 21.2. The average molecular weight is 729 g/mol. The topological polar surface area (TPSA) is 88.4 Å². The Morgan fingerprint density at radius 1 is 1.09 bits per heavy atom. The number of methoxy groups -OCH3 is 1. The Morgan fingerprint density at radius 2 is 1.84 bits per heavy atom. The third-order valence-corrected chi connectivity index (χ3v) is 8.51. The van der Waals surface area contributed by atoms with E-state index in [1.54, 1.807) is 44.2 Å². The van der Waals surface area contributed by atoms with Gasteiger partial charge in [-0.15, -0.1) is 0 Å². The molecule has 0 spiro atoms. The number of carbonyl (C=O) groups excluding carboxylic acids is 1. The van der Waals surface area contributed by atoms with Gasteiger partial charge in [-0.25, -0.2) is 14.2 Å². The van der Waals surface area contributed by atoms with Crippen molar-refractivity contribution < 1.29 is 28.1 Å². The van der Waals surface area contributed by atoms with E-state index in [-0.39, 0.29) is 24.6 Å². The van der Waals surface area contributed by atoms with Crippen LogP contribution in [-0.2, 0) is 16.1 Å². The van der Waals surface area contributed by atoms with E-state index in [9.17, 15) is 14.0 Å². The van der Waals surface area contributed by atoms with Gasteiger partial charge in [0.25, 0.3) is 5.56 Å². The lowest BCUT2D eigenvalue weighted by Crippen LogP contribution is -2.39. The summed E-state index contributed by atoms with van der Waals surface area (Å²) in [5, 5.41) is 0. The predicted octanol–water partition coefficient (Wildman–Crippen LogP) is 5.53. The molecule has 0 bridgehead atoms. The summed E-state index contributed by atoms with van der Waals surface area (Å²) >= 11 is 3.36. The number of esters is 1. The summed E-state index contributed by atoms with van der Waals surface area (Å²) in [6.45, 7) is 6.03. The quantitative estimate of drug-likeness (QED) is 0.158. The van der Waals surface area contributed by atoms with Crippen LogP contribution in [-0.4, -0.2) is 30.9 Å². The molecule has 1 aliphatic heterocycles. The van der Waals surface area contributed by atoms with Gasteiger partial charge in [-0.05, 0) is 85.3 Å². The Hall–Kier alpha value is -3.97. The lowest BCUT2D eigenvalue weighted by Gasteiger charge is -2.24. The van der Waals surface area contributed by atoms with Crippen molar-refractivity contribution in [1.29, 1.82) is 0 Å². The van der Waals surface area contributed by atoms with Crippen molar-refractivity contribution in [3.8, 4) is 17.2 Å². The third kappa shape index (κ3) is 6.43. The fourth-order valence-corrected chi connectivity index (χ4v) is 6.58. The second kappa shape index (κ2) is 13.8. The largest absolute Gasteiger partial charge is 0.494 e. The van der Waals surface area contributed by atoms with E-state index in [0.717, 1.165) is 3.57 Å². The first-order valence-corrected chi connectivity index (χ1v) is 15.8. The number of thiazole rings is 1. The van der Waals surface area contributed by atoms with E-state index >= 15 is 0 Å². The summed E-state index contributed by atoms with van der Waals surface area (Å²) < 4.78 is 39.8. The molecule has 8 nitrogen and oxygen atoms in total. The van der Waals surface area contributed by atoms with Gasteiger partial charge in [-0.2, -0.15) is 0 Å². The lowest BCUT2D eigenvalue weighted by molar-refractivity contribution is -0.139. The van der Waals surface area contributed by atoms with Crippen LogP contribution >= 0.6 is 33.9 Å². The molecule has 4 aromatic rings. The Balaban J connectivity index is 1.66. The van der Waals surface area contributed by atoms with Gasteiger partial charge in [0.1, 0.15) is 18.2 Å². The van der Waals surface area contributed by atoms with E-state index in [0.29, 0.717) is 61.1 Å². The number of halogens is 2. The smallest absolute Gasteiger partial charge is 0.338 e. The molecule has 11 heteroatoms. The van der Waals surface area contributed by atoms with Gasteiger partial charge in [0.15, 0.2) is 16.3 Å². The van der Waals surface area contributed by atoms with Crippen LogP contribution in [0, 0.1) is 9.39 Å². The van der Waals surface area contributed by atoms with E-state index < -0.39 is 12.0 Å². The molecule has 1 aliphatic rings. The van der Waals surface area contributed by atoms with Gasteiger partial charge in [-0.3, -0.25) is 9.36 Å². The minimum absolute atomic E-state index is 0.0362. The second-order valence-corrected chi connectivity index (χ2v) is 12.0. The molecule has 0 N–H and O–H groups in total. The Kier molecular flexibility index (Phi) is 9.84. The highest BCUT2D eigenvalue weighted by molar-refractivity contribution is 14.1. The molecular weight excluding hydrogens is 698 g/mol. The van der Waals surface area contributed by atoms with Crippen LogP contribution in [0.1, 0.15) is 43.5 Å². The molecule has 1 aromatic heterocycles. The third-order valence-electron chi connectivity index (χ3n) is 6.91. The molecule has 0 saturated carbocycles. The molecule has 5 rings (SSSR count). The minimum Gasteiger partial charge on any atom is -0.494 e. The molecular formula is C33H30FIN2O6S. The van der Waals surface area contributed by atoms with Gasteiger partial charge < -0.3 is 18.9 Å². The summed E-state index contributed by atoms with van der Waals surface area (Å²) in [5.41, 5.74) is 2.10. The monoisotopic (exact) mass is 728 g/mol. The number of hydrogen-bond donors (Lipinski definition) is 0. The molecule has 2 heterocycles. The van der Waals surface area contributed by atoms with Crippen LogP contribution in [0.4, 0.5) is 4.39 Å². The molecule has 3 aromatic carbocycles. The summed E-state index contributed by atoms with van der Waals surface area (Å²) in [5.74, 6) is 0.577. The van der Waals surface area contributed by atoms with Gasteiger partial charge in [0.05, 0.1) is 42.2 Å². The van der Waals surface area contributed by atoms with Gasteiger partial charge >= 0.3 is 5.97 Å². The van der Waals surface area contributed by atoms with E-state index in [4.69, 9.17) is 18.9 Å². The molecule has 0 radical (unpaired) electrons. The maximum absolute atomic E-state index is 14.4. The number of carbonyl (C=O) groups is 1. The number of aromatic nitrogens is 1. The van der Waals surface area contributed by atoms with Crippen molar-refractivity contribution in [2.24, 2.45) is 4.99 Å². The summed E-state index contributed by atoms with van der Waals surface area (Å²) in [6.07, 6.45) is 1.71. The lowest BCUT2D eigenvalue weighted by atomic mass is 9.96. The maximum Gasteiger partial charge on any atom is 0.338 e. The minimum atomic E-state index is -0.759. The molecule has 44 heavy (non-hydrogen) atoms. The van der Waals surface area contributed by atoms with Crippen LogP contribution in [0.3, 0.4) is 0 Å². The molecule has 0 unspecified atom stereocenters.